The Balaban J connectivity index is 2.08. The zero-order chi connectivity index (χ0) is 15.4. The number of carbonyl (C=O) groups is 2. The van der Waals surface area contributed by atoms with E-state index in [-0.39, 0.29) is 29.2 Å². The fourth-order valence-electron chi connectivity index (χ4n) is 2.55. The fraction of sp³-hybridized carbons (Fsp3) is 0.467. The lowest BCUT2D eigenvalue weighted by molar-refractivity contribution is -0.120. The molecular weight excluding hydrogens is 275 g/mol. The van der Waals surface area contributed by atoms with Gasteiger partial charge in [0.15, 0.2) is 11.6 Å². The highest BCUT2D eigenvalue weighted by atomic mass is 19.1. The van der Waals surface area contributed by atoms with E-state index in [2.05, 4.69) is 5.32 Å². The number of ether oxygens (including phenoxy) is 1. The maximum absolute atomic E-state index is 13.7. The van der Waals surface area contributed by atoms with Crippen molar-refractivity contribution in [3.8, 4) is 5.75 Å². The molecule has 1 saturated heterocycles. The lowest BCUT2D eigenvalue weighted by Gasteiger charge is -2.33. The second kappa shape index (κ2) is 6.56. The number of amides is 2. The first-order valence-corrected chi connectivity index (χ1v) is 6.91. The predicted octanol–water partition coefficient (Wildman–Crippen LogP) is 1.57. The monoisotopic (exact) mass is 294 g/mol. The number of carbonyl (C=O) groups excluding carboxylic acids is 2. The van der Waals surface area contributed by atoms with E-state index in [9.17, 15) is 14.0 Å². The number of hydrogen-bond donors (Lipinski definition) is 1. The predicted molar refractivity (Wildman–Crippen MR) is 75.7 cm³/mol. The first kappa shape index (κ1) is 15.3. The van der Waals surface area contributed by atoms with Gasteiger partial charge in [0.25, 0.3) is 5.91 Å². The Labute approximate surface area is 123 Å². The number of likely N-dealkylation sites (tertiary alicyclic amines) is 1. The molecule has 1 aliphatic rings. The third kappa shape index (κ3) is 3.71. The largest absolute Gasteiger partial charge is 0.494 e. The maximum atomic E-state index is 13.7. The maximum Gasteiger partial charge on any atom is 0.254 e. The molecule has 2 amide bonds. The molecule has 0 aliphatic carbocycles. The van der Waals surface area contributed by atoms with Crippen molar-refractivity contribution in [1.29, 1.82) is 0 Å². The summed E-state index contributed by atoms with van der Waals surface area (Å²) in [7, 11) is 1.38. The zero-order valence-electron chi connectivity index (χ0n) is 12.2. The van der Waals surface area contributed by atoms with E-state index in [0.717, 1.165) is 12.8 Å². The molecule has 5 nitrogen and oxygen atoms in total. The summed E-state index contributed by atoms with van der Waals surface area (Å²) in [5.41, 5.74) is 0.289. The van der Waals surface area contributed by atoms with Gasteiger partial charge in [-0.3, -0.25) is 9.59 Å². The topological polar surface area (TPSA) is 58.6 Å². The average molecular weight is 294 g/mol. The van der Waals surface area contributed by atoms with Crippen LogP contribution in [0.25, 0.3) is 0 Å². The zero-order valence-corrected chi connectivity index (χ0v) is 12.2. The summed E-state index contributed by atoms with van der Waals surface area (Å²) in [5.74, 6) is -0.781. The van der Waals surface area contributed by atoms with Crippen LogP contribution in [0.4, 0.5) is 4.39 Å². The first-order chi connectivity index (χ1) is 10.0. The quantitative estimate of drug-likeness (QED) is 0.920. The second-order valence-electron chi connectivity index (χ2n) is 5.14. The van der Waals surface area contributed by atoms with Crippen LogP contribution in [0.1, 0.15) is 30.1 Å². The number of rotatable bonds is 3. The van der Waals surface area contributed by atoms with E-state index >= 15 is 0 Å². The SMILES string of the molecule is COc1ccc(C(=O)N2CCCC(NC(C)=O)C2)cc1F. The summed E-state index contributed by atoms with van der Waals surface area (Å²) in [6.07, 6.45) is 1.66. The minimum atomic E-state index is -0.557. The van der Waals surface area contributed by atoms with Crippen LogP contribution in [0.5, 0.6) is 5.75 Å². The van der Waals surface area contributed by atoms with Crippen LogP contribution in [0, 0.1) is 5.82 Å². The molecule has 1 aliphatic heterocycles. The van der Waals surface area contributed by atoms with Crippen LogP contribution in [0.3, 0.4) is 0 Å². The molecule has 1 aromatic carbocycles. The number of piperidine rings is 1. The molecule has 1 fully saturated rings. The molecule has 21 heavy (non-hydrogen) atoms. The molecule has 1 aromatic rings. The van der Waals surface area contributed by atoms with Crippen molar-refractivity contribution in [2.45, 2.75) is 25.8 Å². The van der Waals surface area contributed by atoms with Crippen LogP contribution in [0.15, 0.2) is 18.2 Å². The van der Waals surface area contributed by atoms with Gasteiger partial charge in [-0.1, -0.05) is 0 Å². The molecule has 1 atom stereocenters. The van der Waals surface area contributed by atoms with Gasteiger partial charge in [0, 0.05) is 31.6 Å². The molecule has 0 saturated carbocycles. The fourth-order valence-corrected chi connectivity index (χ4v) is 2.55. The summed E-state index contributed by atoms with van der Waals surface area (Å²) < 4.78 is 18.5. The van der Waals surface area contributed by atoms with Gasteiger partial charge in [-0.05, 0) is 31.0 Å². The summed E-state index contributed by atoms with van der Waals surface area (Å²) >= 11 is 0. The van der Waals surface area contributed by atoms with Gasteiger partial charge in [-0.25, -0.2) is 4.39 Å². The van der Waals surface area contributed by atoms with E-state index in [4.69, 9.17) is 4.74 Å². The first-order valence-electron chi connectivity index (χ1n) is 6.91. The Morgan fingerprint density at radius 2 is 2.19 bits per heavy atom. The Bertz CT molecular complexity index is 548. The Kier molecular flexibility index (Phi) is 4.77. The van der Waals surface area contributed by atoms with Crippen LogP contribution in [0.2, 0.25) is 0 Å². The van der Waals surface area contributed by atoms with Crippen LogP contribution in [-0.4, -0.2) is 43.0 Å². The summed E-state index contributed by atoms with van der Waals surface area (Å²) in [6.45, 7) is 2.52. The van der Waals surface area contributed by atoms with Crippen molar-refractivity contribution in [2.24, 2.45) is 0 Å². The summed E-state index contributed by atoms with van der Waals surface area (Å²) in [5, 5.41) is 2.82. The number of nitrogens with one attached hydrogen (secondary N) is 1. The number of hydrogen-bond acceptors (Lipinski definition) is 3. The van der Waals surface area contributed by atoms with Gasteiger partial charge in [-0.2, -0.15) is 0 Å². The third-order valence-electron chi connectivity index (χ3n) is 3.51. The lowest BCUT2D eigenvalue weighted by Crippen LogP contribution is -2.49. The van der Waals surface area contributed by atoms with Gasteiger partial charge in [-0.15, -0.1) is 0 Å². The molecule has 1 N–H and O–H groups in total. The molecule has 0 spiro atoms. The lowest BCUT2D eigenvalue weighted by atomic mass is 10.0. The Morgan fingerprint density at radius 3 is 2.81 bits per heavy atom. The van der Waals surface area contributed by atoms with Crippen LogP contribution in [-0.2, 0) is 4.79 Å². The minimum absolute atomic E-state index is 0.0386. The van der Waals surface area contributed by atoms with Gasteiger partial charge in [0.1, 0.15) is 0 Å². The molecule has 0 radical (unpaired) electrons. The van der Waals surface area contributed by atoms with E-state index in [1.165, 1.54) is 26.2 Å². The van der Waals surface area contributed by atoms with Gasteiger partial charge in [0.2, 0.25) is 5.91 Å². The van der Waals surface area contributed by atoms with E-state index in [0.29, 0.717) is 13.1 Å². The molecule has 114 valence electrons. The van der Waals surface area contributed by atoms with E-state index in [1.807, 2.05) is 0 Å². The molecule has 1 heterocycles. The molecule has 2 rings (SSSR count). The smallest absolute Gasteiger partial charge is 0.254 e. The number of nitrogens with zero attached hydrogens (tertiary/aromatic N) is 1. The summed E-state index contributed by atoms with van der Waals surface area (Å²) in [4.78, 5) is 25.1. The molecule has 0 aromatic heterocycles. The minimum Gasteiger partial charge on any atom is -0.494 e. The number of methoxy groups -OCH3 is 1. The van der Waals surface area contributed by atoms with Gasteiger partial charge >= 0.3 is 0 Å². The van der Waals surface area contributed by atoms with Crippen LogP contribution < -0.4 is 10.1 Å². The van der Waals surface area contributed by atoms with Crippen molar-refractivity contribution in [3.05, 3.63) is 29.6 Å². The number of halogens is 1. The highest BCUT2D eigenvalue weighted by Crippen LogP contribution is 2.20. The highest BCUT2D eigenvalue weighted by Gasteiger charge is 2.25. The van der Waals surface area contributed by atoms with E-state index < -0.39 is 5.82 Å². The van der Waals surface area contributed by atoms with Crippen molar-refractivity contribution in [1.82, 2.24) is 10.2 Å². The van der Waals surface area contributed by atoms with Crippen molar-refractivity contribution >= 4 is 11.8 Å². The molecular formula is C15H19FN2O3. The van der Waals surface area contributed by atoms with E-state index in [1.54, 1.807) is 11.0 Å². The molecule has 0 bridgehead atoms. The van der Waals surface area contributed by atoms with Gasteiger partial charge in [0.05, 0.1) is 7.11 Å². The highest BCUT2D eigenvalue weighted by molar-refractivity contribution is 5.94. The van der Waals surface area contributed by atoms with Gasteiger partial charge < -0.3 is 15.0 Å². The standard InChI is InChI=1S/C15H19FN2O3/c1-10(19)17-12-4-3-7-18(9-12)15(20)11-5-6-14(21-2)13(16)8-11/h5-6,8,12H,3-4,7,9H2,1-2H3,(H,17,19). The molecule has 6 heteroatoms. The summed E-state index contributed by atoms with van der Waals surface area (Å²) in [6, 6.07) is 4.14. The Hall–Kier alpha value is -2.11. The average Bonchev–Trinajstić information content (AvgIpc) is 2.46. The van der Waals surface area contributed by atoms with Crippen molar-refractivity contribution in [2.75, 3.05) is 20.2 Å². The van der Waals surface area contributed by atoms with Crippen LogP contribution >= 0.6 is 0 Å². The normalized spacial score (nSPS) is 18.2. The molecule has 1 unspecified atom stereocenters. The number of benzene rings is 1. The van der Waals surface area contributed by atoms with Crippen molar-refractivity contribution in [3.63, 3.8) is 0 Å². The third-order valence-corrected chi connectivity index (χ3v) is 3.51. The van der Waals surface area contributed by atoms with Crippen molar-refractivity contribution < 1.29 is 18.7 Å². The second-order valence-corrected chi connectivity index (χ2v) is 5.14. The Morgan fingerprint density at radius 1 is 1.43 bits per heavy atom.